The van der Waals surface area contributed by atoms with Gasteiger partial charge in [-0.1, -0.05) is 12.1 Å². The van der Waals surface area contributed by atoms with Crippen LogP contribution in [0.4, 0.5) is 0 Å². The Hall–Kier alpha value is -2.78. The van der Waals surface area contributed by atoms with E-state index >= 15 is 0 Å². The molecule has 6 heteroatoms. The lowest BCUT2D eigenvalue weighted by Crippen LogP contribution is -2.35. The van der Waals surface area contributed by atoms with Gasteiger partial charge in [-0.2, -0.15) is 5.26 Å². The van der Waals surface area contributed by atoms with Crippen LogP contribution in [-0.2, 0) is 6.54 Å². The van der Waals surface area contributed by atoms with E-state index in [9.17, 15) is 4.79 Å². The number of carbonyl (C=O) groups excluding carboxylic acids is 1. The van der Waals surface area contributed by atoms with E-state index in [0.717, 1.165) is 32.6 Å². The van der Waals surface area contributed by atoms with Crippen molar-refractivity contribution < 1.29 is 4.79 Å². The number of amides is 1. The Bertz CT molecular complexity index is 723. The molecule has 1 aromatic carbocycles. The third-order valence-corrected chi connectivity index (χ3v) is 4.15. The second-order valence-corrected chi connectivity index (χ2v) is 5.82. The van der Waals surface area contributed by atoms with Crippen LogP contribution in [0.2, 0.25) is 0 Å². The smallest absolute Gasteiger partial charge is 0.274 e. The van der Waals surface area contributed by atoms with Crippen LogP contribution in [0.25, 0.3) is 0 Å². The van der Waals surface area contributed by atoms with E-state index in [-0.39, 0.29) is 5.91 Å². The SMILES string of the molecule is N#Cc1ccc(CN2CCCN(C(=O)c3cnccn3)CC2)cc1. The van der Waals surface area contributed by atoms with Gasteiger partial charge in [0, 0.05) is 45.1 Å². The van der Waals surface area contributed by atoms with Gasteiger partial charge in [-0.25, -0.2) is 4.98 Å². The van der Waals surface area contributed by atoms with Crippen LogP contribution in [0, 0.1) is 11.3 Å². The fourth-order valence-electron chi connectivity index (χ4n) is 2.85. The van der Waals surface area contributed by atoms with Gasteiger partial charge in [0.05, 0.1) is 17.8 Å². The summed E-state index contributed by atoms with van der Waals surface area (Å²) >= 11 is 0. The van der Waals surface area contributed by atoms with Crippen molar-refractivity contribution >= 4 is 5.91 Å². The summed E-state index contributed by atoms with van der Waals surface area (Å²) in [4.78, 5) is 24.7. The van der Waals surface area contributed by atoms with E-state index in [4.69, 9.17) is 5.26 Å². The molecular formula is C18H19N5O. The van der Waals surface area contributed by atoms with Gasteiger partial charge in [-0.3, -0.25) is 14.7 Å². The van der Waals surface area contributed by atoms with Crippen molar-refractivity contribution in [3.63, 3.8) is 0 Å². The van der Waals surface area contributed by atoms with Crippen LogP contribution in [0.5, 0.6) is 0 Å². The highest BCUT2D eigenvalue weighted by atomic mass is 16.2. The molecule has 2 heterocycles. The molecule has 2 aromatic rings. The Morgan fingerprint density at radius 1 is 1.12 bits per heavy atom. The maximum Gasteiger partial charge on any atom is 0.274 e. The number of nitrogens with zero attached hydrogens (tertiary/aromatic N) is 5. The Morgan fingerprint density at radius 3 is 2.67 bits per heavy atom. The van der Waals surface area contributed by atoms with Crippen molar-refractivity contribution in [1.29, 1.82) is 5.26 Å². The van der Waals surface area contributed by atoms with Crippen molar-refractivity contribution in [1.82, 2.24) is 19.8 Å². The van der Waals surface area contributed by atoms with E-state index in [1.165, 1.54) is 11.8 Å². The summed E-state index contributed by atoms with van der Waals surface area (Å²) in [7, 11) is 0. The molecule has 3 rings (SSSR count). The lowest BCUT2D eigenvalue weighted by molar-refractivity contribution is 0.0754. The van der Waals surface area contributed by atoms with E-state index in [0.29, 0.717) is 17.8 Å². The van der Waals surface area contributed by atoms with Crippen LogP contribution >= 0.6 is 0 Å². The van der Waals surface area contributed by atoms with Gasteiger partial charge in [0.2, 0.25) is 0 Å². The molecule has 122 valence electrons. The van der Waals surface area contributed by atoms with Gasteiger partial charge < -0.3 is 4.90 Å². The predicted molar refractivity (Wildman–Crippen MR) is 89.0 cm³/mol. The Balaban J connectivity index is 1.58. The largest absolute Gasteiger partial charge is 0.336 e. The zero-order valence-electron chi connectivity index (χ0n) is 13.4. The Labute approximate surface area is 141 Å². The van der Waals surface area contributed by atoms with Crippen LogP contribution in [0.1, 0.15) is 28.0 Å². The molecule has 1 fully saturated rings. The van der Waals surface area contributed by atoms with Crippen molar-refractivity contribution in [2.45, 2.75) is 13.0 Å². The van der Waals surface area contributed by atoms with Gasteiger partial charge in [0.15, 0.2) is 0 Å². The topological polar surface area (TPSA) is 73.1 Å². The number of carbonyl (C=O) groups is 1. The minimum absolute atomic E-state index is 0.0525. The first-order chi connectivity index (χ1) is 11.8. The second-order valence-electron chi connectivity index (χ2n) is 5.82. The van der Waals surface area contributed by atoms with Gasteiger partial charge >= 0.3 is 0 Å². The molecule has 1 amide bonds. The molecule has 0 spiro atoms. The fraction of sp³-hybridized carbons (Fsp3) is 0.333. The number of hydrogen-bond donors (Lipinski definition) is 0. The van der Waals surface area contributed by atoms with Crippen LogP contribution in [0.15, 0.2) is 42.9 Å². The van der Waals surface area contributed by atoms with Crippen LogP contribution in [0.3, 0.4) is 0 Å². The molecule has 24 heavy (non-hydrogen) atoms. The molecule has 1 aliphatic heterocycles. The van der Waals surface area contributed by atoms with Crippen LogP contribution in [-0.4, -0.2) is 51.9 Å². The van der Waals surface area contributed by atoms with Gasteiger partial charge in [-0.15, -0.1) is 0 Å². The molecule has 0 saturated carbocycles. The van der Waals surface area contributed by atoms with E-state index < -0.39 is 0 Å². The quantitative estimate of drug-likeness (QED) is 0.860. The summed E-state index contributed by atoms with van der Waals surface area (Å²) in [5.41, 5.74) is 2.26. The zero-order valence-corrected chi connectivity index (χ0v) is 13.4. The minimum atomic E-state index is -0.0525. The summed E-state index contributed by atoms with van der Waals surface area (Å²) in [5.74, 6) is -0.0525. The third kappa shape index (κ3) is 3.94. The Kier molecular flexibility index (Phi) is 5.14. The first kappa shape index (κ1) is 16.1. The van der Waals surface area contributed by atoms with E-state index in [1.54, 1.807) is 12.4 Å². The Morgan fingerprint density at radius 2 is 1.96 bits per heavy atom. The molecule has 0 N–H and O–H groups in total. The average Bonchev–Trinajstić information content (AvgIpc) is 2.88. The third-order valence-electron chi connectivity index (χ3n) is 4.15. The van der Waals surface area contributed by atoms with E-state index in [1.807, 2.05) is 29.2 Å². The highest BCUT2D eigenvalue weighted by Crippen LogP contribution is 2.11. The summed E-state index contributed by atoms with van der Waals surface area (Å²) in [6, 6.07) is 9.81. The van der Waals surface area contributed by atoms with E-state index in [2.05, 4.69) is 20.9 Å². The number of hydrogen-bond acceptors (Lipinski definition) is 5. The average molecular weight is 321 g/mol. The molecule has 1 aliphatic rings. The van der Waals surface area contributed by atoms with Gasteiger partial charge in [-0.05, 0) is 24.1 Å². The maximum absolute atomic E-state index is 12.5. The lowest BCUT2D eigenvalue weighted by Gasteiger charge is -2.21. The molecule has 0 bridgehead atoms. The summed E-state index contributed by atoms with van der Waals surface area (Å²) in [6.07, 6.45) is 5.56. The molecule has 0 aliphatic carbocycles. The molecular weight excluding hydrogens is 302 g/mol. The number of benzene rings is 1. The highest BCUT2D eigenvalue weighted by molar-refractivity contribution is 5.91. The molecule has 0 radical (unpaired) electrons. The predicted octanol–water partition coefficient (Wildman–Crippen LogP) is 1.70. The first-order valence-corrected chi connectivity index (χ1v) is 8.03. The van der Waals surface area contributed by atoms with Crippen LogP contribution < -0.4 is 0 Å². The van der Waals surface area contributed by atoms with Gasteiger partial charge in [0.25, 0.3) is 5.91 Å². The summed E-state index contributed by atoms with van der Waals surface area (Å²) < 4.78 is 0. The minimum Gasteiger partial charge on any atom is -0.336 e. The molecule has 6 nitrogen and oxygen atoms in total. The van der Waals surface area contributed by atoms with Gasteiger partial charge in [0.1, 0.15) is 5.69 Å². The molecule has 1 aromatic heterocycles. The number of rotatable bonds is 3. The number of nitriles is 1. The summed E-state index contributed by atoms with van der Waals surface area (Å²) in [5, 5.41) is 8.85. The van der Waals surface area contributed by atoms with Crippen molar-refractivity contribution in [2.75, 3.05) is 26.2 Å². The molecule has 1 saturated heterocycles. The molecule has 0 atom stereocenters. The standard InChI is InChI=1S/C18H19N5O/c19-12-15-2-4-16(5-3-15)14-22-8-1-9-23(11-10-22)18(24)17-13-20-6-7-21-17/h2-7,13H,1,8-11,14H2. The first-order valence-electron chi connectivity index (χ1n) is 8.03. The van der Waals surface area contributed by atoms with Crippen molar-refractivity contribution in [2.24, 2.45) is 0 Å². The lowest BCUT2D eigenvalue weighted by atomic mass is 10.1. The summed E-state index contributed by atoms with van der Waals surface area (Å²) in [6.45, 7) is 4.03. The zero-order chi connectivity index (χ0) is 16.8. The molecule has 0 unspecified atom stereocenters. The fourth-order valence-corrected chi connectivity index (χ4v) is 2.85. The monoisotopic (exact) mass is 321 g/mol. The van der Waals surface area contributed by atoms with Crippen molar-refractivity contribution in [3.05, 3.63) is 59.7 Å². The normalized spacial score (nSPS) is 15.5. The number of aromatic nitrogens is 2. The van der Waals surface area contributed by atoms with Crippen molar-refractivity contribution in [3.8, 4) is 6.07 Å². The highest BCUT2D eigenvalue weighted by Gasteiger charge is 2.21. The maximum atomic E-state index is 12.5. The second kappa shape index (κ2) is 7.66.